The summed E-state index contributed by atoms with van der Waals surface area (Å²) in [6, 6.07) is 16.4. The molecule has 1 N–H and O–H groups in total. The topological polar surface area (TPSA) is 65.4 Å². The van der Waals surface area contributed by atoms with Crippen LogP contribution in [0.2, 0.25) is 5.02 Å². The Morgan fingerprint density at radius 1 is 1.19 bits per heavy atom. The van der Waals surface area contributed by atoms with E-state index in [1.807, 2.05) is 36.4 Å². The summed E-state index contributed by atoms with van der Waals surface area (Å²) in [4.78, 5) is 12.3. The van der Waals surface area contributed by atoms with E-state index in [4.69, 9.17) is 21.1 Å². The molecule has 1 amide bonds. The minimum Gasteiger partial charge on any atom is -0.486 e. The molecule has 1 aromatic heterocycles. The average Bonchev–Trinajstić information content (AvgIpc) is 3.16. The number of ether oxygens (including phenoxy) is 2. The summed E-state index contributed by atoms with van der Waals surface area (Å²) in [5, 5.41) is 7.73. The highest BCUT2D eigenvalue weighted by Gasteiger charge is 2.21. The summed E-state index contributed by atoms with van der Waals surface area (Å²) in [7, 11) is 0. The summed E-state index contributed by atoms with van der Waals surface area (Å²) in [6.45, 7) is 0.714. The maximum Gasteiger partial charge on any atom is 0.271 e. The number of nitrogens with zero attached hydrogens (tertiary/aromatic N) is 2. The summed E-state index contributed by atoms with van der Waals surface area (Å²) >= 11 is 5.99. The van der Waals surface area contributed by atoms with Crippen LogP contribution in [0.15, 0.2) is 60.8 Å². The molecule has 0 saturated carbocycles. The number of hydrogen-bond donors (Lipinski definition) is 1. The lowest BCUT2D eigenvalue weighted by Gasteiger charge is -2.26. The Labute approximate surface area is 155 Å². The van der Waals surface area contributed by atoms with Gasteiger partial charge in [0, 0.05) is 11.2 Å². The van der Waals surface area contributed by atoms with E-state index in [0.717, 1.165) is 11.4 Å². The minimum atomic E-state index is -0.270. The molecule has 0 radical (unpaired) electrons. The number of para-hydroxylation sites is 2. The Morgan fingerprint density at radius 3 is 2.88 bits per heavy atom. The highest BCUT2D eigenvalue weighted by Crippen LogP contribution is 2.30. The van der Waals surface area contributed by atoms with E-state index in [-0.39, 0.29) is 12.0 Å². The molecule has 132 valence electrons. The van der Waals surface area contributed by atoms with Crippen molar-refractivity contribution in [2.24, 2.45) is 0 Å². The van der Waals surface area contributed by atoms with Crippen molar-refractivity contribution in [3.63, 3.8) is 0 Å². The molecule has 0 bridgehead atoms. The van der Waals surface area contributed by atoms with Crippen molar-refractivity contribution in [1.82, 2.24) is 15.1 Å². The standard InChI is InChI=1S/C19H16ClN3O3/c20-13-4-3-5-14(10-13)23-9-8-16(22-23)19(24)21-11-15-12-25-17-6-1-2-7-18(17)26-15/h1-10,15H,11-12H2,(H,21,24). The van der Waals surface area contributed by atoms with E-state index in [9.17, 15) is 4.79 Å². The molecule has 1 aliphatic heterocycles. The predicted molar refractivity (Wildman–Crippen MR) is 97.3 cm³/mol. The van der Waals surface area contributed by atoms with Gasteiger partial charge in [-0.3, -0.25) is 4.79 Å². The zero-order chi connectivity index (χ0) is 17.9. The molecular formula is C19H16ClN3O3. The van der Waals surface area contributed by atoms with Crippen molar-refractivity contribution >= 4 is 17.5 Å². The number of carbonyl (C=O) groups is 1. The van der Waals surface area contributed by atoms with Crippen LogP contribution in [0, 0.1) is 0 Å². The van der Waals surface area contributed by atoms with E-state index >= 15 is 0 Å². The largest absolute Gasteiger partial charge is 0.486 e. The lowest BCUT2D eigenvalue weighted by Crippen LogP contribution is -2.40. The van der Waals surface area contributed by atoms with Crippen LogP contribution in [0.1, 0.15) is 10.5 Å². The van der Waals surface area contributed by atoms with Gasteiger partial charge in [-0.1, -0.05) is 29.8 Å². The normalized spacial score (nSPS) is 15.5. The Kier molecular flexibility index (Phi) is 4.50. The molecular weight excluding hydrogens is 354 g/mol. The number of halogens is 1. The SMILES string of the molecule is O=C(NCC1COc2ccccc2O1)c1ccn(-c2cccc(Cl)c2)n1. The van der Waals surface area contributed by atoms with Crippen LogP contribution >= 0.6 is 11.6 Å². The fraction of sp³-hybridized carbons (Fsp3) is 0.158. The first kappa shape index (κ1) is 16.5. The summed E-state index contributed by atoms with van der Waals surface area (Å²) in [5.41, 5.74) is 1.11. The minimum absolute atomic E-state index is 0.246. The maximum absolute atomic E-state index is 12.3. The zero-order valence-corrected chi connectivity index (χ0v) is 14.5. The molecule has 1 atom stereocenters. The summed E-state index contributed by atoms with van der Waals surface area (Å²) in [5.74, 6) is 1.13. The van der Waals surface area contributed by atoms with Gasteiger partial charge in [0.25, 0.3) is 5.91 Å². The molecule has 6 nitrogen and oxygen atoms in total. The highest BCUT2D eigenvalue weighted by molar-refractivity contribution is 6.30. The fourth-order valence-electron chi connectivity index (χ4n) is 2.67. The van der Waals surface area contributed by atoms with Crippen LogP contribution in [0.5, 0.6) is 11.5 Å². The van der Waals surface area contributed by atoms with Gasteiger partial charge in [0.05, 0.1) is 12.2 Å². The van der Waals surface area contributed by atoms with E-state index in [2.05, 4.69) is 10.4 Å². The van der Waals surface area contributed by atoms with Crippen molar-refractivity contribution < 1.29 is 14.3 Å². The van der Waals surface area contributed by atoms with Crippen LogP contribution in [0.25, 0.3) is 5.69 Å². The monoisotopic (exact) mass is 369 g/mol. The van der Waals surface area contributed by atoms with E-state index in [0.29, 0.717) is 29.6 Å². The van der Waals surface area contributed by atoms with E-state index in [1.165, 1.54) is 0 Å². The Balaban J connectivity index is 1.37. The fourth-order valence-corrected chi connectivity index (χ4v) is 2.85. The molecule has 4 rings (SSSR count). The number of rotatable bonds is 4. The molecule has 0 aliphatic carbocycles. The van der Waals surface area contributed by atoms with Gasteiger partial charge in [-0.2, -0.15) is 5.10 Å². The number of hydrogen-bond acceptors (Lipinski definition) is 4. The smallest absolute Gasteiger partial charge is 0.271 e. The molecule has 3 aromatic rings. The van der Waals surface area contributed by atoms with Crippen LogP contribution in [0.3, 0.4) is 0 Å². The molecule has 2 aromatic carbocycles. The third-order valence-electron chi connectivity index (χ3n) is 3.95. The first-order valence-electron chi connectivity index (χ1n) is 8.17. The predicted octanol–water partition coefficient (Wildman–Crippen LogP) is 3.10. The molecule has 26 heavy (non-hydrogen) atoms. The van der Waals surface area contributed by atoms with Crippen molar-refractivity contribution in [1.29, 1.82) is 0 Å². The molecule has 0 fully saturated rings. The van der Waals surface area contributed by atoms with Gasteiger partial charge in [0.1, 0.15) is 12.7 Å². The van der Waals surface area contributed by atoms with Crippen molar-refractivity contribution in [2.45, 2.75) is 6.10 Å². The molecule has 7 heteroatoms. The van der Waals surface area contributed by atoms with Crippen LogP contribution in [-0.2, 0) is 0 Å². The van der Waals surface area contributed by atoms with Gasteiger partial charge in [0.2, 0.25) is 0 Å². The van der Waals surface area contributed by atoms with Gasteiger partial charge >= 0.3 is 0 Å². The van der Waals surface area contributed by atoms with Gasteiger partial charge in [-0.15, -0.1) is 0 Å². The highest BCUT2D eigenvalue weighted by atomic mass is 35.5. The van der Waals surface area contributed by atoms with Crippen molar-refractivity contribution in [2.75, 3.05) is 13.2 Å². The van der Waals surface area contributed by atoms with Gasteiger partial charge in [-0.25, -0.2) is 4.68 Å². The zero-order valence-electron chi connectivity index (χ0n) is 13.8. The first-order chi connectivity index (χ1) is 12.7. The Morgan fingerprint density at radius 2 is 2.04 bits per heavy atom. The second-order valence-electron chi connectivity index (χ2n) is 5.83. The number of benzene rings is 2. The molecule has 0 saturated heterocycles. The molecule has 0 spiro atoms. The molecule has 2 heterocycles. The first-order valence-corrected chi connectivity index (χ1v) is 8.55. The summed E-state index contributed by atoms with van der Waals surface area (Å²) < 4.78 is 13.1. The number of amides is 1. The quantitative estimate of drug-likeness (QED) is 0.767. The second kappa shape index (κ2) is 7.09. The van der Waals surface area contributed by atoms with Gasteiger partial charge in [0.15, 0.2) is 17.2 Å². The third-order valence-corrected chi connectivity index (χ3v) is 4.19. The van der Waals surface area contributed by atoms with Gasteiger partial charge in [-0.05, 0) is 36.4 Å². The van der Waals surface area contributed by atoms with E-state index < -0.39 is 0 Å². The van der Waals surface area contributed by atoms with Gasteiger partial charge < -0.3 is 14.8 Å². The summed E-state index contributed by atoms with van der Waals surface area (Å²) in [6.07, 6.45) is 1.47. The van der Waals surface area contributed by atoms with Crippen molar-refractivity contribution in [3.8, 4) is 17.2 Å². The Hall–Kier alpha value is -2.99. The average molecular weight is 370 g/mol. The lowest BCUT2D eigenvalue weighted by atomic mass is 10.2. The molecule has 1 unspecified atom stereocenters. The Bertz CT molecular complexity index is 941. The number of carbonyl (C=O) groups excluding carboxylic acids is 1. The van der Waals surface area contributed by atoms with Crippen molar-refractivity contribution in [3.05, 3.63) is 71.5 Å². The van der Waals surface area contributed by atoms with E-state index in [1.54, 1.807) is 29.1 Å². The molecule has 1 aliphatic rings. The lowest BCUT2D eigenvalue weighted by molar-refractivity contribution is 0.0786. The number of nitrogens with one attached hydrogen (secondary N) is 1. The number of aromatic nitrogens is 2. The van der Waals surface area contributed by atoms with Crippen LogP contribution in [-0.4, -0.2) is 34.9 Å². The second-order valence-corrected chi connectivity index (χ2v) is 6.27. The van der Waals surface area contributed by atoms with Crippen LogP contribution < -0.4 is 14.8 Å². The third kappa shape index (κ3) is 3.50. The van der Waals surface area contributed by atoms with Crippen LogP contribution in [0.4, 0.5) is 0 Å². The maximum atomic E-state index is 12.3. The number of fused-ring (bicyclic) bond motifs is 1.